The number of ether oxygens (including phenoxy) is 4. The van der Waals surface area contributed by atoms with E-state index in [1.807, 2.05) is 0 Å². The highest BCUT2D eigenvalue weighted by atomic mass is 16.5. The molecule has 1 aromatic carbocycles. The summed E-state index contributed by atoms with van der Waals surface area (Å²) in [6.45, 7) is 5.41. The fraction of sp³-hybridized carbons (Fsp3) is 0.435. The third-order valence-corrected chi connectivity index (χ3v) is 4.50. The fourth-order valence-corrected chi connectivity index (χ4v) is 3.09. The lowest BCUT2D eigenvalue weighted by molar-refractivity contribution is -0.144. The molecule has 0 aliphatic heterocycles. The second-order valence-electron chi connectivity index (χ2n) is 6.73. The van der Waals surface area contributed by atoms with Crippen molar-refractivity contribution in [1.29, 1.82) is 0 Å². The summed E-state index contributed by atoms with van der Waals surface area (Å²) in [6, 6.07) is 4.93. The molecule has 2 aromatic rings. The van der Waals surface area contributed by atoms with Crippen LogP contribution in [0.4, 0.5) is 0 Å². The molecule has 0 atom stereocenters. The normalized spacial score (nSPS) is 10.5. The molecule has 0 saturated heterocycles. The second-order valence-corrected chi connectivity index (χ2v) is 6.73. The van der Waals surface area contributed by atoms with Gasteiger partial charge in [0.25, 0.3) is 0 Å². The first-order valence-electron chi connectivity index (χ1n) is 10.6. The molecule has 2 rings (SSSR count). The topological polar surface area (TPSA) is 127 Å². The molecule has 10 nitrogen and oxygen atoms in total. The summed E-state index contributed by atoms with van der Waals surface area (Å²) in [7, 11) is 0. The zero-order valence-electron chi connectivity index (χ0n) is 18.9. The molecule has 10 heteroatoms. The molecule has 0 unspecified atom stereocenters. The van der Waals surface area contributed by atoms with Gasteiger partial charge in [-0.1, -0.05) is 0 Å². The van der Waals surface area contributed by atoms with Gasteiger partial charge in [-0.2, -0.15) is 0 Å². The summed E-state index contributed by atoms with van der Waals surface area (Å²) in [5.41, 5.74) is -0.871. The van der Waals surface area contributed by atoms with Gasteiger partial charge in [0.15, 0.2) is 11.2 Å². The summed E-state index contributed by atoms with van der Waals surface area (Å²) in [6.07, 6.45) is -0.134. The van der Waals surface area contributed by atoms with Gasteiger partial charge in [0, 0.05) is 18.0 Å². The minimum Gasteiger partial charge on any atom is -0.489 e. The molecule has 0 amide bonds. The van der Waals surface area contributed by atoms with Crippen LogP contribution in [-0.4, -0.2) is 48.9 Å². The number of hydrogen-bond donors (Lipinski definition) is 0. The first kappa shape index (κ1) is 25.6. The highest BCUT2D eigenvalue weighted by Gasteiger charge is 2.18. The summed E-state index contributed by atoms with van der Waals surface area (Å²) < 4.78 is 21.7. The molecule has 0 fully saturated rings. The molecule has 33 heavy (non-hydrogen) atoms. The number of carbonyl (C=O) groups is 3. The molecular weight excluding hydrogens is 434 g/mol. The van der Waals surface area contributed by atoms with E-state index in [0.29, 0.717) is 0 Å². The monoisotopic (exact) mass is 461 g/mol. The van der Waals surface area contributed by atoms with Gasteiger partial charge in [0.05, 0.1) is 44.8 Å². The molecule has 0 aliphatic carbocycles. The van der Waals surface area contributed by atoms with E-state index in [-0.39, 0.29) is 68.2 Å². The number of nitrogens with zero attached hydrogens (tertiary/aromatic N) is 1. The van der Waals surface area contributed by atoms with Crippen molar-refractivity contribution in [2.24, 2.45) is 0 Å². The van der Waals surface area contributed by atoms with E-state index < -0.39 is 28.8 Å². The Kier molecular flexibility index (Phi) is 9.59. The van der Waals surface area contributed by atoms with Crippen LogP contribution in [0.5, 0.6) is 5.75 Å². The van der Waals surface area contributed by atoms with Crippen LogP contribution in [0.25, 0.3) is 10.9 Å². The van der Waals surface area contributed by atoms with Gasteiger partial charge in [-0.15, -0.1) is 0 Å². The average Bonchev–Trinajstić information content (AvgIpc) is 2.93. The molecule has 0 spiro atoms. The highest BCUT2D eigenvalue weighted by molar-refractivity contribution is 5.92. The Morgan fingerprint density at radius 1 is 0.818 bits per heavy atom. The number of carbonyl (C=O) groups excluding carboxylic acids is 3. The molecule has 1 aromatic heterocycles. The number of hydrogen-bond acceptors (Lipinski definition) is 9. The van der Waals surface area contributed by atoms with E-state index in [0.717, 1.165) is 6.07 Å². The molecule has 0 bridgehead atoms. The van der Waals surface area contributed by atoms with E-state index in [1.54, 1.807) is 20.8 Å². The highest BCUT2D eigenvalue weighted by Crippen LogP contribution is 2.17. The average molecular weight is 461 g/mol. The smallest absolute Gasteiger partial charge is 0.355 e. The predicted molar refractivity (Wildman–Crippen MR) is 118 cm³/mol. The third-order valence-electron chi connectivity index (χ3n) is 4.50. The lowest BCUT2D eigenvalue weighted by Crippen LogP contribution is -2.21. The Balaban J connectivity index is 2.54. The Bertz CT molecular complexity index is 1140. The number of aryl methyl sites for hydroxylation is 1. The summed E-state index contributed by atoms with van der Waals surface area (Å²) in [5.74, 6) is -1.82. The molecular formula is C23H27NO9. The Morgan fingerprint density at radius 2 is 1.45 bits per heavy atom. The van der Waals surface area contributed by atoms with Crippen LogP contribution in [0.1, 0.15) is 44.1 Å². The van der Waals surface area contributed by atoms with Crippen molar-refractivity contribution < 1.29 is 33.3 Å². The van der Waals surface area contributed by atoms with E-state index in [1.165, 1.54) is 22.8 Å². The lowest BCUT2D eigenvalue weighted by atomic mass is 10.2. The van der Waals surface area contributed by atoms with Crippen LogP contribution < -0.4 is 15.6 Å². The van der Waals surface area contributed by atoms with E-state index in [2.05, 4.69) is 0 Å². The Labute approximate surface area is 190 Å². The first-order chi connectivity index (χ1) is 15.8. The van der Waals surface area contributed by atoms with Crippen molar-refractivity contribution >= 4 is 28.8 Å². The van der Waals surface area contributed by atoms with Gasteiger partial charge in [0.1, 0.15) is 5.69 Å². The molecule has 0 saturated carbocycles. The van der Waals surface area contributed by atoms with E-state index >= 15 is 0 Å². The number of aromatic nitrogens is 1. The van der Waals surface area contributed by atoms with E-state index in [4.69, 9.17) is 18.9 Å². The van der Waals surface area contributed by atoms with Crippen molar-refractivity contribution in [3.63, 3.8) is 0 Å². The van der Waals surface area contributed by atoms with Crippen LogP contribution in [0.15, 0.2) is 33.9 Å². The van der Waals surface area contributed by atoms with Gasteiger partial charge in [-0.25, -0.2) is 4.79 Å². The summed E-state index contributed by atoms with van der Waals surface area (Å²) >= 11 is 0. The second kappa shape index (κ2) is 12.4. The minimum absolute atomic E-state index is 0.0149. The van der Waals surface area contributed by atoms with Crippen LogP contribution in [0.3, 0.4) is 0 Å². The zero-order chi connectivity index (χ0) is 24.4. The fourth-order valence-electron chi connectivity index (χ4n) is 3.09. The predicted octanol–water partition coefficient (Wildman–Crippen LogP) is 1.82. The maximum absolute atomic E-state index is 12.8. The third kappa shape index (κ3) is 6.90. The molecule has 0 radical (unpaired) electrons. The number of fused-ring (bicyclic) bond motifs is 1. The van der Waals surface area contributed by atoms with Crippen molar-refractivity contribution in [2.75, 3.05) is 26.4 Å². The van der Waals surface area contributed by atoms with Gasteiger partial charge < -0.3 is 23.5 Å². The van der Waals surface area contributed by atoms with Gasteiger partial charge in [0.2, 0.25) is 5.43 Å². The maximum Gasteiger partial charge on any atom is 0.355 e. The number of esters is 3. The van der Waals surface area contributed by atoms with Gasteiger partial charge in [-0.05, 0) is 39.0 Å². The Morgan fingerprint density at radius 3 is 2.09 bits per heavy atom. The van der Waals surface area contributed by atoms with Crippen molar-refractivity contribution in [2.45, 2.75) is 40.2 Å². The van der Waals surface area contributed by atoms with E-state index in [9.17, 15) is 24.0 Å². The minimum atomic E-state index is -0.736. The van der Waals surface area contributed by atoms with Crippen LogP contribution >= 0.6 is 0 Å². The zero-order valence-corrected chi connectivity index (χ0v) is 18.9. The number of rotatable bonds is 11. The number of pyridine rings is 1. The van der Waals surface area contributed by atoms with Crippen molar-refractivity contribution in [1.82, 2.24) is 4.57 Å². The van der Waals surface area contributed by atoms with Gasteiger partial charge in [-0.3, -0.25) is 19.2 Å². The van der Waals surface area contributed by atoms with Crippen LogP contribution in [0.2, 0.25) is 0 Å². The largest absolute Gasteiger partial charge is 0.489 e. The van der Waals surface area contributed by atoms with Crippen LogP contribution in [-0.2, 0) is 30.3 Å². The van der Waals surface area contributed by atoms with Gasteiger partial charge >= 0.3 is 17.9 Å². The SMILES string of the molecule is CCOC(=O)CCOc1cc2c(=O)cc(C(=O)OCC)n(CCC(=O)OCC)c2ccc1=O. The molecule has 178 valence electrons. The quantitative estimate of drug-likeness (QED) is 0.364. The lowest BCUT2D eigenvalue weighted by Gasteiger charge is -2.15. The molecule has 0 N–H and O–H groups in total. The maximum atomic E-state index is 12.8. The molecule has 0 aliphatic rings. The summed E-state index contributed by atoms with van der Waals surface area (Å²) in [4.78, 5) is 61.2. The van der Waals surface area contributed by atoms with Crippen LogP contribution in [0, 0.1) is 0 Å². The van der Waals surface area contributed by atoms with Crippen molar-refractivity contribution in [3.8, 4) is 5.75 Å². The standard InChI is InChI=1S/C23H27NO9/c1-4-30-21(27)9-11-24-16-7-8-18(25)20(33-12-10-22(28)31-5-2)13-15(16)19(26)14-17(24)23(29)32-6-3/h7-8,13-14H,4-6,9-12H2,1-3H3. The summed E-state index contributed by atoms with van der Waals surface area (Å²) in [5, 5.41) is 0.0974. The Hall–Kier alpha value is -3.69. The first-order valence-corrected chi connectivity index (χ1v) is 10.6. The molecule has 1 heterocycles. The van der Waals surface area contributed by atoms with Crippen molar-refractivity contribution in [3.05, 3.63) is 50.4 Å².